The van der Waals surface area contributed by atoms with Gasteiger partial charge in [-0.15, -0.1) is 0 Å². The van der Waals surface area contributed by atoms with Gasteiger partial charge in [0.1, 0.15) is 10.6 Å². The van der Waals surface area contributed by atoms with Crippen molar-refractivity contribution in [1.29, 1.82) is 0 Å². The summed E-state index contributed by atoms with van der Waals surface area (Å²) in [4.78, 5) is 12.0. The van der Waals surface area contributed by atoms with Crippen molar-refractivity contribution in [2.24, 2.45) is 0 Å². The van der Waals surface area contributed by atoms with Crippen molar-refractivity contribution in [2.75, 3.05) is 11.1 Å². The van der Waals surface area contributed by atoms with E-state index in [4.69, 9.17) is 5.73 Å². The number of benzene rings is 3. The molecular weight excluding hydrogens is 356 g/mol. The van der Waals surface area contributed by atoms with E-state index in [-0.39, 0.29) is 17.0 Å². The van der Waals surface area contributed by atoms with Crippen LogP contribution in [0.4, 0.5) is 11.4 Å². The van der Waals surface area contributed by atoms with E-state index in [0.29, 0.717) is 22.3 Å². The van der Waals surface area contributed by atoms with Crippen molar-refractivity contribution in [3.8, 4) is 5.75 Å². The molecule has 0 atom stereocenters. The van der Waals surface area contributed by atoms with Crippen LogP contribution < -0.4 is 11.1 Å². The summed E-state index contributed by atoms with van der Waals surface area (Å²) in [5, 5.41) is 12.9. The largest absolute Gasteiger partial charge is 0.508 e. The lowest BCUT2D eigenvalue weighted by molar-refractivity contribution is 0.102. The maximum absolute atomic E-state index is 12.4. The highest BCUT2D eigenvalue weighted by molar-refractivity contribution is 7.86. The Balaban J connectivity index is 2.02. The van der Waals surface area contributed by atoms with Crippen LogP contribution in [-0.4, -0.2) is 24.0 Å². The van der Waals surface area contributed by atoms with Gasteiger partial charge in [0.25, 0.3) is 16.0 Å². The molecule has 0 aliphatic carbocycles. The highest BCUT2D eigenvalue weighted by Gasteiger charge is 2.17. The van der Waals surface area contributed by atoms with Gasteiger partial charge in [-0.25, -0.2) is 0 Å². The first-order valence-electron chi connectivity index (χ1n) is 7.57. The van der Waals surface area contributed by atoms with Gasteiger partial charge in [-0.2, -0.15) is 8.42 Å². The summed E-state index contributed by atoms with van der Waals surface area (Å²) >= 11 is 0. The van der Waals surface area contributed by atoms with E-state index >= 15 is 0 Å². The summed E-state index contributed by atoms with van der Waals surface area (Å²) in [5.74, 6) is -0.682. The first-order chi connectivity index (χ1) is 12.1. The zero-order valence-electron chi connectivity index (χ0n) is 13.7. The predicted octanol–water partition coefficient (Wildman–Crippen LogP) is 2.94. The molecule has 26 heavy (non-hydrogen) atoms. The van der Waals surface area contributed by atoms with Crippen LogP contribution in [0.3, 0.4) is 0 Å². The second-order valence-corrected chi connectivity index (χ2v) is 7.27. The van der Waals surface area contributed by atoms with Crippen LogP contribution in [-0.2, 0) is 10.1 Å². The molecule has 0 aromatic heterocycles. The van der Waals surface area contributed by atoms with Crippen LogP contribution in [0.2, 0.25) is 0 Å². The van der Waals surface area contributed by atoms with Gasteiger partial charge in [-0.05, 0) is 54.3 Å². The van der Waals surface area contributed by atoms with Gasteiger partial charge in [0.15, 0.2) is 0 Å². The summed E-state index contributed by atoms with van der Waals surface area (Å²) in [7, 11) is -4.55. The number of nitrogens with one attached hydrogen (secondary N) is 1. The molecule has 1 amide bonds. The number of amides is 1. The number of carbonyl (C=O) groups is 1. The Morgan fingerprint density at radius 1 is 1.08 bits per heavy atom. The Morgan fingerprint density at radius 3 is 2.46 bits per heavy atom. The number of hydrogen-bond acceptors (Lipinski definition) is 5. The maximum Gasteiger partial charge on any atom is 0.295 e. The number of rotatable bonds is 3. The summed E-state index contributed by atoms with van der Waals surface area (Å²) in [6, 6.07) is 11.7. The monoisotopic (exact) mass is 372 g/mol. The van der Waals surface area contributed by atoms with Crippen molar-refractivity contribution < 1.29 is 22.9 Å². The number of aromatic hydroxyl groups is 1. The normalized spacial score (nSPS) is 11.5. The molecule has 0 bridgehead atoms. The highest BCUT2D eigenvalue weighted by atomic mass is 32.2. The quantitative estimate of drug-likeness (QED) is 0.413. The Hall–Kier alpha value is -3.10. The first-order valence-corrected chi connectivity index (χ1v) is 9.01. The molecular formula is C18H16N2O5S. The van der Waals surface area contributed by atoms with Crippen LogP contribution in [0.5, 0.6) is 5.75 Å². The van der Waals surface area contributed by atoms with Gasteiger partial charge in [0.05, 0.1) is 0 Å². The molecule has 0 unspecified atom stereocenters. The van der Waals surface area contributed by atoms with Crippen molar-refractivity contribution in [2.45, 2.75) is 11.8 Å². The lowest BCUT2D eigenvalue weighted by Gasteiger charge is -2.10. The third-order valence-electron chi connectivity index (χ3n) is 3.97. The van der Waals surface area contributed by atoms with Crippen LogP contribution >= 0.6 is 0 Å². The van der Waals surface area contributed by atoms with E-state index in [9.17, 15) is 22.9 Å². The first kappa shape index (κ1) is 17.7. The minimum atomic E-state index is -4.55. The second-order valence-electron chi connectivity index (χ2n) is 5.88. The van der Waals surface area contributed by atoms with Crippen LogP contribution in [0.1, 0.15) is 15.9 Å². The van der Waals surface area contributed by atoms with Crippen molar-refractivity contribution in [3.63, 3.8) is 0 Å². The standard InChI is InChI=1S/C18H16N2O5S/c1-10-6-12(3-5-16(10)19)18(22)20-13-4-2-11-7-14(21)9-17(15(11)8-13)26(23,24)25/h2-9,21H,19H2,1H3,(H,20,22)(H,23,24,25). The molecule has 3 rings (SSSR count). The molecule has 0 saturated heterocycles. The molecule has 0 spiro atoms. The molecule has 3 aromatic rings. The molecule has 0 radical (unpaired) electrons. The van der Waals surface area contributed by atoms with Crippen LogP contribution in [0.15, 0.2) is 53.4 Å². The third kappa shape index (κ3) is 3.46. The van der Waals surface area contributed by atoms with E-state index in [1.165, 1.54) is 18.2 Å². The Bertz CT molecular complexity index is 1140. The summed E-state index contributed by atoms with van der Waals surface area (Å²) in [6.07, 6.45) is 0. The van der Waals surface area contributed by atoms with Gasteiger partial charge in [0.2, 0.25) is 0 Å². The van der Waals surface area contributed by atoms with E-state index in [2.05, 4.69) is 5.32 Å². The maximum atomic E-state index is 12.4. The molecule has 8 heteroatoms. The van der Waals surface area contributed by atoms with Gasteiger partial charge in [-0.3, -0.25) is 9.35 Å². The van der Waals surface area contributed by atoms with Crippen molar-refractivity contribution in [3.05, 3.63) is 59.7 Å². The smallest absolute Gasteiger partial charge is 0.295 e. The van der Waals surface area contributed by atoms with Crippen LogP contribution in [0.25, 0.3) is 10.8 Å². The van der Waals surface area contributed by atoms with Gasteiger partial charge < -0.3 is 16.2 Å². The van der Waals surface area contributed by atoms with Gasteiger partial charge in [-0.1, -0.05) is 6.07 Å². The van der Waals surface area contributed by atoms with E-state index in [1.807, 2.05) is 0 Å². The fraction of sp³-hybridized carbons (Fsp3) is 0.0556. The highest BCUT2D eigenvalue weighted by Crippen LogP contribution is 2.30. The number of carbonyl (C=O) groups excluding carboxylic acids is 1. The second kappa shape index (κ2) is 6.32. The molecule has 0 saturated carbocycles. The molecule has 0 aliphatic rings. The number of hydrogen-bond donors (Lipinski definition) is 4. The average molecular weight is 372 g/mol. The fourth-order valence-electron chi connectivity index (χ4n) is 2.62. The summed E-state index contributed by atoms with van der Waals surface area (Å²) < 4.78 is 32.5. The number of phenolic OH excluding ortho intramolecular Hbond substituents is 1. The van der Waals surface area contributed by atoms with Crippen molar-refractivity contribution >= 4 is 38.2 Å². The van der Waals surface area contributed by atoms with Gasteiger partial charge >= 0.3 is 0 Å². The van der Waals surface area contributed by atoms with E-state index < -0.39 is 15.0 Å². The predicted molar refractivity (Wildman–Crippen MR) is 99.0 cm³/mol. The molecule has 134 valence electrons. The number of fused-ring (bicyclic) bond motifs is 1. The summed E-state index contributed by atoms with van der Waals surface area (Å²) in [5.41, 5.74) is 7.82. The number of aryl methyl sites for hydroxylation is 1. The number of nitrogen functional groups attached to an aromatic ring is 1. The van der Waals surface area contributed by atoms with E-state index in [1.54, 1.807) is 31.2 Å². The number of anilines is 2. The molecule has 5 N–H and O–H groups in total. The number of nitrogens with two attached hydrogens (primary N) is 1. The Kier molecular flexibility index (Phi) is 4.31. The molecule has 0 fully saturated rings. The van der Waals surface area contributed by atoms with Gasteiger partial charge in [0, 0.05) is 28.4 Å². The topological polar surface area (TPSA) is 130 Å². The van der Waals surface area contributed by atoms with Crippen molar-refractivity contribution in [1.82, 2.24) is 0 Å². The zero-order chi connectivity index (χ0) is 19.1. The molecule has 0 aliphatic heterocycles. The molecule has 3 aromatic carbocycles. The number of phenols is 1. The average Bonchev–Trinajstić information content (AvgIpc) is 2.56. The lowest BCUT2D eigenvalue weighted by atomic mass is 10.1. The Labute approximate surface area is 149 Å². The third-order valence-corrected chi connectivity index (χ3v) is 4.86. The van der Waals surface area contributed by atoms with E-state index in [0.717, 1.165) is 11.6 Å². The van der Waals surface area contributed by atoms with Crippen LogP contribution in [0, 0.1) is 6.92 Å². The fourth-order valence-corrected chi connectivity index (χ4v) is 3.34. The zero-order valence-corrected chi connectivity index (χ0v) is 14.5. The molecule has 0 heterocycles. The minimum Gasteiger partial charge on any atom is -0.508 e. The summed E-state index contributed by atoms with van der Waals surface area (Å²) in [6.45, 7) is 1.78. The molecule has 7 nitrogen and oxygen atoms in total. The lowest BCUT2D eigenvalue weighted by Crippen LogP contribution is -2.12. The SMILES string of the molecule is Cc1cc(C(=O)Nc2ccc3cc(O)cc(S(=O)(=O)O)c3c2)ccc1N. The minimum absolute atomic E-state index is 0.177. The Morgan fingerprint density at radius 2 is 1.81 bits per heavy atom.